The number of aryl methyl sites for hydroxylation is 1. The molecule has 2 aliphatic heterocycles. The second-order valence-corrected chi connectivity index (χ2v) is 15.6. The highest BCUT2D eigenvalue weighted by molar-refractivity contribution is 9.10. The molecule has 0 spiro atoms. The Morgan fingerprint density at radius 3 is 2.51 bits per heavy atom. The molecule has 4 heterocycles. The van der Waals surface area contributed by atoms with Gasteiger partial charge in [0.2, 0.25) is 5.95 Å². The summed E-state index contributed by atoms with van der Waals surface area (Å²) < 4.78 is 8.59. The molecule has 47 heavy (non-hydrogen) atoms. The van der Waals surface area contributed by atoms with E-state index in [0.29, 0.717) is 11.8 Å². The molecule has 10 nitrogen and oxygen atoms in total. The van der Waals surface area contributed by atoms with E-state index in [4.69, 9.17) is 9.72 Å². The highest BCUT2D eigenvalue weighted by Gasteiger charge is 2.26. The number of halogens is 1. The summed E-state index contributed by atoms with van der Waals surface area (Å²) in [6.45, 7) is 12.0. The summed E-state index contributed by atoms with van der Waals surface area (Å²) in [5.41, 5.74) is 5.12. The number of hydrogen-bond acceptors (Lipinski definition) is 9. The minimum absolute atomic E-state index is 0.383. The molecule has 0 unspecified atom stereocenters. The molecule has 2 aliphatic rings. The molecule has 3 N–H and O–H groups in total. The number of piperazine rings is 1. The van der Waals surface area contributed by atoms with E-state index in [2.05, 4.69) is 120 Å². The Hall–Kier alpha value is -3.76. The van der Waals surface area contributed by atoms with Gasteiger partial charge in [0, 0.05) is 99.1 Å². The van der Waals surface area contributed by atoms with Gasteiger partial charge in [-0.25, -0.2) is 4.98 Å². The van der Waals surface area contributed by atoms with Crippen LogP contribution in [0.1, 0.15) is 0 Å². The summed E-state index contributed by atoms with van der Waals surface area (Å²) in [6.07, 6.45) is 5.76. The number of aromatic nitrogens is 4. The zero-order chi connectivity index (χ0) is 32.5. The minimum Gasteiger partial charge on any atom is -0.494 e. The smallest absolute Gasteiger partial charge is 0.229 e. The molecule has 3 aromatic carbocycles. The van der Waals surface area contributed by atoms with Crippen molar-refractivity contribution in [3.63, 3.8) is 0 Å². The molecule has 0 aliphatic carbocycles. The number of nitrogens with zero attached hydrogens (tertiary/aromatic N) is 6. The zero-order valence-corrected chi connectivity index (χ0v) is 29.8. The molecular weight excluding hydrogens is 673 g/mol. The Kier molecular flexibility index (Phi) is 9.32. The molecule has 7 rings (SSSR count). The van der Waals surface area contributed by atoms with E-state index >= 15 is 0 Å². The highest BCUT2D eigenvalue weighted by Crippen LogP contribution is 2.41. The Bertz CT molecular complexity index is 1890. The largest absolute Gasteiger partial charge is 0.494 e. The van der Waals surface area contributed by atoms with Crippen molar-refractivity contribution < 1.29 is 4.74 Å². The lowest BCUT2D eigenvalue weighted by molar-refractivity contribution is 0.184. The van der Waals surface area contributed by atoms with E-state index in [1.807, 2.05) is 17.9 Å². The van der Waals surface area contributed by atoms with Crippen LogP contribution in [0.5, 0.6) is 5.75 Å². The number of rotatable bonds is 10. The fourth-order valence-corrected chi connectivity index (χ4v) is 8.09. The normalized spacial score (nSPS) is 15.7. The van der Waals surface area contributed by atoms with Gasteiger partial charge < -0.3 is 25.6 Å². The van der Waals surface area contributed by atoms with Crippen LogP contribution in [0.3, 0.4) is 0 Å². The van der Waals surface area contributed by atoms with E-state index in [1.165, 1.54) is 22.6 Å². The lowest BCUT2D eigenvalue weighted by Gasteiger charge is -2.40. The summed E-state index contributed by atoms with van der Waals surface area (Å²) in [7, 11) is 3.28. The fraction of sp³-hybridized carbons (Fsp3) is 0.343. The van der Waals surface area contributed by atoms with Gasteiger partial charge in [-0.3, -0.25) is 9.58 Å². The molecule has 0 radical (unpaired) electrons. The van der Waals surface area contributed by atoms with Crippen LogP contribution in [0, 0.1) is 5.92 Å². The number of ether oxygens (including phenoxy) is 1. The first-order valence-corrected chi connectivity index (χ1v) is 19.0. The number of hydrogen-bond donors (Lipinski definition) is 3. The van der Waals surface area contributed by atoms with Gasteiger partial charge in [0.1, 0.15) is 11.6 Å². The predicted molar refractivity (Wildman–Crippen MR) is 199 cm³/mol. The first kappa shape index (κ1) is 31.8. The molecule has 2 aromatic heterocycles. The molecule has 0 bridgehead atoms. The van der Waals surface area contributed by atoms with E-state index in [0.717, 1.165) is 83.6 Å². The van der Waals surface area contributed by atoms with Crippen molar-refractivity contribution in [2.24, 2.45) is 13.0 Å². The van der Waals surface area contributed by atoms with Crippen LogP contribution in [-0.2, 0) is 7.05 Å². The molecular formula is C35H41BrN9OP. The fourth-order valence-electron chi connectivity index (χ4n) is 6.50. The van der Waals surface area contributed by atoms with Crippen LogP contribution < -0.4 is 30.9 Å². The lowest BCUT2D eigenvalue weighted by Crippen LogP contribution is -2.53. The van der Waals surface area contributed by atoms with Gasteiger partial charge in [-0.1, -0.05) is 38.3 Å². The van der Waals surface area contributed by atoms with Crippen molar-refractivity contribution in [1.82, 2.24) is 30.0 Å². The van der Waals surface area contributed by atoms with Gasteiger partial charge in [0.25, 0.3) is 0 Å². The molecule has 0 amide bonds. The average molecular weight is 715 g/mol. The molecule has 244 valence electrons. The van der Waals surface area contributed by atoms with Crippen molar-refractivity contribution in [1.29, 1.82) is 0 Å². The van der Waals surface area contributed by atoms with Gasteiger partial charge in [0.05, 0.1) is 23.5 Å². The second kappa shape index (κ2) is 13.8. The number of fused-ring (bicyclic) bond motifs is 1. The maximum Gasteiger partial charge on any atom is 0.229 e. The van der Waals surface area contributed by atoms with Crippen molar-refractivity contribution in [2.75, 3.05) is 81.8 Å². The maximum atomic E-state index is 5.97. The minimum atomic E-state index is -0.383. The predicted octanol–water partition coefficient (Wildman–Crippen LogP) is 6.00. The third-order valence-corrected chi connectivity index (χ3v) is 11.0. The van der Waals surface area contributed by atoms with Crippen LogP contribution in [0.2, 0.25) is 0 Å². The Morgan fingerprint density at radius 2 is 1.81 bits per heavy atom. The van der Waals surface area contributed by atoms with Gasteiger partial charge >= 0.3 is 0 Å². The zero-order valence-electron chi connectivity index (χ0n) is 27.3. The Balaban J connectivity index is 1.18. The summed E-state index contributed by atoms with van der Waals surface area (Å²) in [5.74, 6) is 2.67. The lowest BCUT2D eigenvalue weighted by atomic mass is 10.0. The average Bonchev–Trinajstić information content (AvgIpc) is 3.50. The van der Waals surface area contributed by atoms with Crippen LogP contribution in [-0.4, -0.2) is 90.9 Å². The molecule has 12 heteroatoms. The number of nitrogens with one attached hydrogen (secondary N) is 3. The SMILES string of the molecule is COc1cc(N2CCN(CC3CNC3)CC2)c(-c2cnn(C)c2)cc1Nc1ncc(Br)c(Nc2ccc3ccccc3c2P(C)C)n1. The van der Waals surface area contributed by atoms with E-state index in [1.54, 1.807) is 13.3 Å². The van der Waals surface area contributed by atoms with Crippen molar-refractivity contribution >= 4 is 68.8 Å². The first-order chi connectivity index (χ1) is 22.9. The van der Waals surface area contributed by atoms with Crippen LogP contribution >= 0.6 is 23.9 Å². The standard InChI is InChI=1S/C35H41BrN9OP/c1-43-22-25(19-39-43)27-15-30(32(46-2)16-31(27)45-13-11-44(12-14-45)21-23-17-37-18-23)41-35-38-20-28(36)34(42-35)40-29-10-9-24-7-5-6-8-26(24)33(29)47(3)4/h5-10,15-16,19-20,22-23,37H,11-14,17-18,21H2,1-4H3,(H2,38,40,41,42). The third kappa shape index (κ3) is 6.81. The maximum absolute atomic E-state index is 5.97. The quantitative estimate of drug-likeness (QED) is 0.151. The third-order valence-electron chi connectivity index (χ3n) is 9.02. The van der Waals surface area contributed by atoms with E-state index in [9.17, 15) is 0 Å². The Labute approximate surface area is 285 Å². The van der Waals surface area contributed by atoms with Crippen molar-refractivity contribution in [3.05, 3.63) is 71.6 Å². The first-order valence-electron chi connectivity index (χ1n) is 16.0. The van der Waals surface area contributed by atoms with Crippen LogP contribution in [0.15, 0.2) is 71.6 Å². The number of anilines is 5. The summed E-state index contributed by atoms with van der Waals surface area (Å²) in [6, 6.07) is 17.1. The molecule has 0 saturated carbocycles. The summed E-state index contributed by atoms with van der Waals surface area (Å²) >= 11 is 3.68. The Morgan fingerprint density at radius 1 is 1.00 bits per heavy atom. The molecule has 0 atom stereocenters. The van der Waals surface area contributed by atoms with Gasteiger partial charge in [-0.2, -0.15) is 10.1 Å². The number of benzene rings is 3. The molecule has 2 saturated heterocycles. The van der Waals surface area contributed by atoms with E-state index in [-0.39, 0.29) is 7.92 Å². The highest BCUT2D eigenvalue weighted by atomic mass is 79.9. The van der Waals surface area contributed by atoms with Gasteiger partial charge in [0.15, 0.2) is 0 Å². The van der Waals surface area contributed by atoms with Crippen LogP contribution in [0.4, 0.5) is 28.8 Å². The second-order valence-electron chi connectivity index (χ2n) is 12.5. The van der Waals surface area contributed by atoms with Crippen molar-refractivity contribution in [2.45, 2.75) is 0 Å². The van der Waals surface area contributed by atoms with Crippen LogP contribution in [0.25, 0.3) is 21.9 Å². The van der Waals surface area contributed by atoms with E-state index < -0.39 is 0 Å². The molecule has 2 fully saturated rings. The van der Waals surface area contributed by atoms with Gasteiger partial charge in [-0.15, -0.1) is 0 Å². The van der Waals surface area contributed by atoms with Crippen molar-refractivity contribution in [3.8, 4) is 16.9 Å². The van der Waals surface area contributed by atoms with Gasteiger partial charge in [-0.05, 0) is 58.1 Å². The summed E-state index contributed by atoms with van der Waals surface area (Å²) in [5, 5.41) is 18.8. The monoisotopic (exact) mass is 713 g/mol. The summed E-state index contributed by atoms with van der Waals surface area (Å²) in [4.78, 5) is 14.6. The number of methoxy groups -OCH3 is 1. The molecule has 5 aromatic rings. The topological polar surface area (TPSA) is 95.4 Å².